The van der Waals surface area contributed by atoms with Crippen LogP contribution in [0.15, 0.2) is 42.5 Å². The van der Waals surface area contributed by atoms with Crippen molar-refractivity contribution < 1.29 is 18.7 Å². The number of anilines is 1. The summed E-state index contributed by atoms with van der Waals surface area (Å²) in [6, 6.07) is 10.7. The summed E-state index contributed by atoms with van der Waals surface area (Å²) in [5.41, 5.74) is 1.55. The average molecular weight is 316 g/mol. The van der Waals surface area contributed by atoms with Crippen LogP contribution in [-0.4, -0.2) is 18.9 Å². The van der Waals surface area contributed by atoms with E-state index < -0.39 is 5.82 Å². The quantitative estimate of drug-likeness (QED) is 0.891. The van der Waals surface area contributed by atoms with Crippen molar-refractivity contribution >= 4 is 17.5 Å². The fraction of sp³-hybridized carbons (Fsp3) is 0.176. The summed E-state index contributed by atoms with van der Waals surface area (Å²) < 4.78 is 18.3. The molecule has 0 saturated carbocycles. The van der Waals surface area contributed by atoms with Gasteiger partial charge in [-0.15, -0.1) is 0 Å². The number of hydrogen-bond acceptors (Lipinski definition) is 3. The first-order valence-corrected chi connectivity index (χ1v) is 6.98. The van der Waals surface area contributed by atoms with Crippen molar-refractivity contribution in [3.8, 4) is 5.75 Å². The van der Waals surface area contributed by atoms with Crippen molar-refractivity contribution in [3.63, 3.8) is 0 Å². The monoisotopic (exact) mass is 316 g/mol. The number of hydrogen-bond donors (Lipinski definition) is 2. The highest BCUT2D eigenvalue weighted by atomic mass is 19.1. The number of carbonyl (C=O) groups is 2. The summed E-state index contributed by atoms with van der Waals surface area (Å²) in [7, 11) is 1.51. The Hall–Kier alpha value is -2.89. The fourth-order valence-corrected chi connectivity index (χ4v) is 2.07. The van der Waals surface area contributed by atoms with Crippen LogP contribution in [0.3, 0.4) is 0 Å². The van der Waals surface area contributed by atoms with Crippen molar-refractivity contribution in [1.29, 1.82) is 0 Å². The van der Waals surface area contributed by atoms with Crippen LogP contribution < -0.4 is 15.4 Å². The number of amides is 2. The standard InChI is InChI=1S/C17H17FN2O3/c1-11(21)20-15-8-12(6-7-16(15)23-2)10-19-17(22)13-4-3-5-14(18)9-13/h3-9H,10H2,1-2H3,(H,19,22)(H,20,21). The molecule has 0 fully saturated rings. The lowest BCUT2D eigenvalue weighted by molar-refractivity contribution is -0.114. The lowest BCUT2D eigenvalue weighted by Gasteiger charge is -2.12. The Morgan fingerprint density at radius 2 is 1.96 bits per heavy atom. The first kappa shape index (κ1) is 16.5. The van der Waals surface area contributed by atoms with Crippen LogP contribution in [0.1, 0.15) is 22.8 Å². The highest BCUT2D eigenvalue weighted by Crippen LogP contribution is 2.25. The Morgan fingerprint density at radius 3 is 2.61 bits per heavy atom. The van der Waals surface area contributed by atoms with Gasteiger partial charge < -0.3 is 15.4 Å². The van der Waals surface area contributed by atoms with Crippen LogP contribution >= 0.6 is 0 Å². The van der Waals surface area contributed by atoms with Gasteiger partial charge in [0.25, 0.3) is 5.91 Å². The third-order valence-electron chi connectivity index (χ3n) is 3.11. The van der Waals surface area contributed by atoms with E-state index in [2.05, 4.69) is 10.6 Å². The summed E-state index contributed by atoms with van der Waals surface area (Å²) in [5, 5.41) is 5.37. The van der Waals surface area contributed by atoms with Crippen molar-refractivity contribution in [2.24, 2.45) is 0 Å². The predicted molar refractivity (Wildman–Crippen MR) is 84.9 cm³/mol. The van der Waals surface area contributed by atoms with Gasteiger partial charge >= 0.3 is 0 Å². The van der Waals surface area contributed by atoms with E-state index in [0.717, 1.165) is 5.56 Å². The van der Waals surface area contributed by atoms with E-state index in [4.69, 9.17) is 4.74 Å². The Balaban J connectivity index is 2.08. The molecule has 2 aromatic carbocycles. The average Bonchev–Trinajstić information content (AvgIpc) is 2.52. The maximum atomic E-state index is 13.1. The zero-order valence-electron chi connectivity index (χ0n) is 12.9. The van der Waals surface area contributed by atoms with Crippen LogP contribution in [0, 0.1) is 5.82 Å². The molecule has 2 aromatic rings. The van der Waals surface area contributed by atoms with Gasteiger partial charge in [0.05, 0.1) is 12.8 Å². The molecule has 2 rings (SSSR count). The summed E-state index contributed by atoms with van der Waals surface area (Å²) in [6.07, 6.45) is 0. The van der Waals surface area contributed by atoms with Crippen LogP contribution in [0.4, 0.5) is 10.1 Å². The molecular weight excluding hydrogens is 299 g/mol. The predicted octanol–water partition coefficient (Wildman–Crippen LogP) is 2.72. The molecule has 23 heavy (non-hydrogen) atoms. The minimum Gasteiger partial charge on any atom is -0.495 e. The van der Waals surface area contributed by atoms with Gasteiger partial charge in [0.2, 0.25) is 5.91 Å². The normalized spacial score (nSPS) is 10.0. The van der Waals surface area contributed by atoms with E-state index in [-0.39, 0.29) is 23.9 Å². The van der Waals surface area contributed by atoms with Gasteiger partial charge in [-0.2, -0.15) is 0 Å². The molecule has 0 aliphatic carbocycles. The molecule has 0 spiro atoms. The van der Waals surface area contributed by atoms with Gasteiger partial charge in [-0.1, -0.05) is 12.1 Å². The number of carbonyl (C=O) groups excluding carboxylic acids is 2. The molecular formula is C17H17FN2O3. The summed E-state index contributed by atoms with van der Waals surface area (Å²) >= 11 is 0. The maximum Gasteiger partial charge on any atom is 0.251 e. The highest BCUT2D eigenvalue weighted by molar-refractivity contribution is 5.94. The maximum absolute atomic E-state index is 13.1. The molecule has 0 aromatic heterocycles. The largest absolute Gasteiger partial charge is 0.495 e. The third-order valence-corrected chi connectivity index (χ3v) is 3.11. The van der Waals surface area contributed by atoms with E-state index in [0.29, 0.717) is 11.4 Å². The first-order valence-electron chi connectivity index (χ1n) is 6.98. The van der Waals surface area contributed by atoms with Crippen molar-refractivity contribution in [3.05, 3.63) is 59.4 Å². The second-order valence-corrected chi connectivity index (χ2v) is 4.91. The Labute approximate surface area is 133 Å². The van der Waals surface area contributed by atoms with Gasteiger partial charge in [-0.25, -0.2) is 4.39 Å². The molecule has 0 aliphatic heterocycles. The number of rotatable bonds is 5. The first-order chi connectivity index (χ1) is 11.0. The second kappa shape index (κ2) is 7.40. The second-order valence-electron chi connectivity index (χ2n) is 4.91. The number of ether oxygens (including phenoxy) is 1. The van der Waals surface area contributed by atoms with Crippen molar-refractivity contribution in [2.75, 3.05) is 12.4 Å². The van der Waals surface area contributed by atoms with Gasteiger partial charge in [-0.3, -0.25) is 9.59 Å². The summed E-state index contributed by atoms with van der Waals surface area (Å²) in [6.45, 7) is 1.64. The van der Waals surface area contributed by atoms with Gasteiger partial charge in [0.15, 0.2) is 0 Å². The molecule has 120 valence electrons. The number of benzene rings is 2. The smallest absolute Gasteiger partial charge is 0.251 e. The van der Waals surface area contributed by atoms with Crippen LogP contribution in [-0.2, 0) is 11.3 Å². The van der Waals surface area contributed by atoms with E-state index in [1.165, 1.54) is 38.3 Å². The van der Waals surface area contributed by atoms with E-state index >= 15 is 0 Å². The molecule has 0 aliphatic rings. The molecule has 2 amide bonds. The molecule has 0 atom stereocenters. The van der Waals surface area contributed by atoms with E-state index in [1.807, 2.05) is 0 Å². The summed E-state index contributed by atoms with van der Waals surface area (Å²) in [4.78, 5) is 23.2. The van der Waals surface area contributed by atoms with Crippen molar-refractivity contribution in [2.45, 2.75) is 13.5 Å². The van der Waals surface area contributed by atoms with Crippen molar-refractivity contribution in [1.82, 2.24) is 5.32 Å². The van der Waals surface area contributed by atoms with E-state index in [9.17, 15) is 14.0 Å². The number of nitrogens with one attached hydrogen (secondary N) is 2. The molecule has 0 bridgehead atoms. The highest BCUT2D eigenvalue weighted by Gasteiger charge is 2.09. The lowest BCUT2D eigenvalue weighted by Crippen LogP contribution is -2.23. The molecule has 5 nitrogen and oxygen atoms in total. The molecule has 2 N–H and O–H groups in total. The lowest BCUT2D eigenvalue weighted by atomic mass is 10.1. The molecule has 0 saturated heterocycles. The Kier molecular flexibility index (Phi) is 5.30. The molecule has 0 unspecified atom stereocenters. The van der Waals surface area contributed by atoms with Crippen LogP contribution in [0.2, 0.25) is 0 Å². The number of halogens is 1. The third kappa shape index (κ3) is 4.54. The zero-order chi connectivity index (χ0) is 16.8. The SMILES string of the molecule is COc1ccc(CNC(=O)c2cccc(F)c2)cc1NC(C)=O. The molecule has 0 heterocycles. The van der Waals surface area contributed by atoms with Crippen LogP contribution in [0.5, 0.6) is 5.75 Å². The van der Waals surface area contributed by atoms with E-state index in [1.54, 1.807) is 18.2 Å². The molecule has 0 radical (unpaired) electrons. The Morgan fingerprint density at radius 1 is 1.17 bits per heavy atom. The minimum atomic E-state index is -0.463. The van der Waals surface area contributed by atoms with Gasteiger partial charge in [0, 0.05) is 19.0 Å². The number of methoxy groups -OCH3 is 1. The Bertz CT molecular complexity index is 732. The van der Waals surface area contributed by atoms with Gasteiger partial charge in [-0.05, 0) is 35.9 Å². The van der Waals surface area contributed by atoms with Gasteiger partial charge in [0.1, 0.15) is 11.6 Å². The van der Waals surface area contributed by atoms with Crippen LogP contribution in [0.25, 0.3) is 0 Å². The topological polar surface area (TPSA) is 67.4 Å². The fourth-order valence-electron chi connectivity index (χ4n) is 2.07. The summed E-state index contributed by atoms with van der Waals surface area (Å²) in [5.74, 6) is -0.527. The minimum absolute atomic E-state index is 0.218. The zero-order valence-corrected chi connectivity index (χ0v) is 12.9. The molecule has 6 heteroatoms.